The topological polar surface area (TPSA) is 34.4 Å². The third-order valence-electron chi connectivity index (χ3n) is 0.749. The summed E-state index contributed by atoms with van der Waals surface area (Å²) in [5, 5.41) is 2.48. The molecule has 0 atom stereocenters. The van der Waals surface area contributed by atoms with Gasteiger partial charge < -0.3 is 0 Å². The van der Waals surface area contributed by atoms with Crippen LogP contribution in [-0.2, 0) is 0 Å². The minimum atomic E-state index is 0.104. The van der Waals surface area contributed by atoms with Crippen LogP contribution >= 0.6 is 0 Å². The molecule has 0 aliphatic carbocycles. The van der Waals surface area contributed by atoms with Crippen LogP contribution < -0.4 is 0 Å². The summed E-state index contributed by atoms with van der Waals surface area (Å²) in [5.41, 5.74) is 0.104. The summed E-state index contributed by atoms with van der Waals surface area (Å²) in [6.07, 6.45) is 2.10. The molecule has 0 aliphatic heterocycles. The number of rotatable bonds is 1. The van der Waals surface area contributed by atoms with Crippen LogP contribution in [0.4, 0.5) is 10.2 Å². The normalized spacial score (nSPS) is 9.12. The molecule has 1 rings (SSSR count). The fourth-order valence-electron chi connectivity index (χ4n) is 0.414. The molecule has 3 nitrogen and oxygen atoms in total. The molecule has 0 saturated carbocycles. The molecule has 0 spiro atoms. The average molecular weight is 114 g/mol. The van der Waals surface area contributed by atoms with Gasteiger partial charge in [-0.15, -0.1) is 4.91 Å². The van der Waals surface area contributed by atoms with Crippen LogP contribution in [0.25, 0.3) is 0 Å². The highest BCUT2D eigenvalue weighted by molar-refractivity contribution is 5.32. The Morgan fingerprint density at radius 3 is 2.75 bits per heavy atom. The monoisotopic (exact) mass is 114 g/mol. The Morgan fingerprint density at radius 1 is 1.75 bits per heavy atom. The molecule has 0 fully saturated rings. The molecule has 0 saturated heterocycles. The first-order chi connectivity index (χ1) is 3.83. The van der Waals surface area contributed by atoms with Gasteiger partial charge in [0.2, 0.25) is 0 Å². The lowest BCUT2D eigenvalue weighted by Gasteiger charge is -1.73. The number of nitroso groups, excluding NO2 is 1. The van der Waals surface area contributed by atoms with Gasteiger partial charge in [-0.1, -0.05) is 4.48 Å². The number of halogens is 1. The SMILES string of the molecule is O=Nc1ccn(F)c1. The highest BCUT2D eigenvalue weighted by Crippen LogP contribution is 2.09. The van der Waals surface area contributed by atoms with E-state index in [0.29, 0.717) is 0 Å². The second kappa shape index (κ2) is 1.73. The van der Waals surface area contributed by atoms with Gasteiger partial charge in [0, 0.05) is 6.20 Å². The maximum absolute atomic E-state index is 11.8. The highest BCUT2D eigenvalue weighted by Gasteiger charge is 1.90. The van der Waals surface area contributed by atoms with Crippen molar-refractivity contribution in [3.05, 3.63) is 23.4 Å². The molecule has 0 amide bonds. The third kappa shape index (κ3) is 0.726. The Balaban J connectivity index is 3.00. The molecule has 42 valence electrons. The number of hydrogen-bond donors (Lipinski definition) is 0. The Labute approximate surface area is 44.6 Å². The van der Waals surface area contributed by atoms with Crippen molar-refractivity contribution in [3.8, 4) is 0 Å². The minimum absolute atomic E-state index is 0.104. The first-order valence-electron chi connectivity index (χ1n) is 2.00. The van der Waals surface area contributed by atoms with E-state index in [-0.39, 0.29) is 10.5 Å². The molecular weight excluding hydrogens is 111 g/mol. The van der Waals surface area contributed by atoms with Gasteiger partial charge in [0.25, 0.3) is 0 Å². The fourth-order valence-corrected chi connectivity index (χ4v) is 0.414. The molecular formula is C4H3FN2O. The molecule has 8 heavy (non-hydrogen) atoms. The third-order valence-corrected chi connectivity index (χ3v) is 0.749. The van der Waals surface area contributed by atoms with Crippen molar-refractivity contribution in [1.82, 2.24) is 4.79 Å². The van der Waals surface area contributed by atoms with Crippen molar-refractivity contribution in [3.63, 3.8) is 0 Å². The van der Waals surface area contributed by atoms with E-state index < -0.39 is 0 Å². The lowest BCUT2D eigenvalue weighted by Crippen LogP contribution is -1.66. The van der Waals surface area contributed by atoms with Crippen LogP contribution in [0.5, 0.6) is 0 Å². The summed E-state index contributed by atoms with van der Waals surface area (Å²) < 4.78 is 11.8. The van der Waals surface area contributed by atoms with Crippen molar-refractivity contribution in [1.29, 1.82) is 0 Å². The zero-order chi connectivity index (χ0) is 5.98. The van der Waals surface area contributed by atoms with Gasteiger partial charge in [-0.2, -0.15) is 4.79 Å². The van der Waals surface area contributed by atoms with Crippen molar-refractivity contribution >= 4 is 5.69 Å². The molecule has 0 aliphatic rings. The molecule has 1 aromatic rings. The molecule has 0 unspecified atom stereocenters. The molecule has 0 N–H and O–H groups in total. The van der Waals surface area contributed by atoms with Crippen molar-refractivity contribution < 1.29 is 4.48 Å². The standard InChI is InChI=1S/C4H3FN2O/c5-7-2-1-4(3-7)6-8/h1-3H. The van der Waals surface area contributed by atoms with Crippen LogP contribution in [0.1, 0.15) is 0 Å². The van der Waals surface area contributed by atoms with Gasteiger partial charge >= 0.3 is 0 Å². The van der Waals surface area contributed by atoms with E-state index >= 15 is 0 Å². The lowest BCUT2D eigenvalue weighted by molar-refractivity contribution is 0.371. The average Bonchev–Trinajstić information content (AvgIpc) is 2.14. The number of nitrogens with zero attached hydrogens (tertiary/aromatic N) is 2. The van der Waals surface area contributed by atoms with Crippen LogP contribution in [0.2, 0.25) is 0 Å². The Bertz CT molecular complexity index is 196. The zero-order valence-electron chi connectivity index (χ0n) is 3.91. The summed E-state index contributed by atoms with van der Waals surface area (Å²) in [7, 11) is 0. The molecule has 1 heterocycles. The molecule has 0 bridgehead atoms. The van der Waals surface area contributed by atoms with Gasteiger partial charge in [0.15, 0.2) is 0 Å². The van der Waals surface area contributed by atoms with Gasteiger partial charge in [-0.3, -0.25) is 0 Å². The van der Waals surface area contributed by atoms with E-state index in [1.165, 1.54) is 6.07 Å². The van der Waals surface area contributed by atoms with Gasteiger partial charge in [-0.05, 0) is 11.2 Å². The van der Waals surface area contributed by atoms with E-state index in [1.54, 1.807) is 0 Å². The molecule has 4 heteroatoms. The van der Waals surface area contributed by atoms with E-state index in [9.17, 15) is 9.39 Å². The largest absolute Gasteiger partial charge is 0.192 e. The van der Waals surface area contributed by atoms with E-state index in [2.05, 4.69) is 5.18 Å². The Hall–Kier alpha value is -1.19. The summed E-state index contributed by atoms with van der Waals surface area (Å²) in [5.74, 6) is 0. The first kappa shape index (κ1) is 4.96. The predicted octanol–water partition coefficient (Wildman–Crippen LogP) is 1.62. The van der Waals surface area contributed by atoms with E-state index in [1.807, 2.05) is 0 Å². The van der Waals surface area contributed by atoms with Crippen molar-refractivity contribution in [2.45, 2.75) is 0 Å². The number of aromatic nitrogens is 1. The highest BCUT2D eigenvalue weighted by atomic mass is 19.2. The zero-order valence-corrected chi connectivity index (χ0v) is 3.91. The molecule has 0 aromatic carbocycles. The summed E-state index contributed by atoms with van der Waals surface area (Å²) in [4.78, 5) is 9.86. The Morgan fingerprint density at radius 2 is 2.50 bits per heavy atom. The van der Waals surface area contributed by atoms with Crippen LogP contribution in [0.15, 0.2) is 23.6 Å². The van der Waals surface area contributed by atoms with Crippen molar-refractivity contribution in [2.75, 3.05) is 0 Å². The summed E-state index contributed by atoms with van der Waals surface area (Å²) in [6, 6.07) is 1.28. The summed E-state index contributed by atoms with van der Waals surface area (Å²) in [6.45, 7) is 0. The van der Waals surface area contributed by atoms with Gasteiger partial charge in [0.1, 0.15) is 5.69 Å². The molecule has 1 aromatic heterocycles. The van der Waals surface area contributed by atoms with Crippen molar-refractivity contribution in [2.24, 2.45) is 5.18 Å². The van der Waals surface area contributed by atoms with Crippen LogP contribution in [-0.4, -0.2) is 4.79 Å². The quantitative estimate of drug-likeness (QED) is 0.511. The lowest BCUT2D eigenvalue weighted by atomic mass is 10.6. The van der Waals surface area contributed by atoms with Crippen LogP contribution in [0, 0.1) is 4.91 Å². The maximum atomic E-state index is 11.8. The summed E-state index contributed by atoms with van der Waals surface area (Å²) >= 11 is 0. The smallest absolute Gasteiger partial charge is 0.128 e. The van der Waals surface area contributed by atoms with Crippen LogP contribution in [0.3, 0.4) is 0 Å². The Kier molecular flexibility index (Phi) is 1.07. The second-order valence-corrected chi connectivity index (χ2v) is 1.31. The van der Waals surface area contributed by atoms with E-state index in [4.69, 9.17) is 0 Å². The first-order valence-corrected chi connectivity index (χ1v) is 2.00. The van der Waals surface area contributed by atoms with E-state index in [0.717, 1.165) is 12.4 Å². The maximum Gasteiger partial charge on any atom is 0.128 e. The fraction of sp³-hybridized carbons (Fsp3) is 0. The van der Waals surface area contributed by atoms with Gasteiger partial charge in [0.05, 0.1) is 6.20 Å². The van der Waals surface area contributed by atoms with Gasteiger partial charge in [-0.25, -0.2) is 0 Å². The molecule has 0 radical (unpaired) electrons. The second-order valence-electron chi connectivity index (χ2n) is 1.31. The minimum Gasteiger partial charge on any atom is -0.192 e. The number of hydrogen-bond acceptors (Lipinski definition) is 2. The predicted molar refractivity (Wildman–Crippen MR) is 26.4 cm³/mol.